The van der Waals surface area contributed by atoms with Crippen LogP contribution in [0.4, 0.5) is 0 Å². The topological polar surface area (TPSA) is 72.7 Å². The second kappa shape index (κ2) is 5.96. The Morgan fingerprint density at radius 3 is 2.65 bits per heavy atom. The summed E-state index contributed by atoms with van der Waals surface area (Å²) in [6.07, 6.45) is 8.03. The number of rotatable bonds is 6. The van der Waals surface area contributed by atoms with Crippen molar-refractivity contribution in [1.29, 1.82) is 0 Å². The summed E-state index contributed by atoms with van der Waals surface area (Å²) in [4.78, 5) is 16.2. The van der Waals surface area contributed by atoms with E-state index >= 15 is 0 Å². The van der Waals surface area contributed by atoms with E-state index in [1.165, 1.54) is 11.8 Å². The summed E-state index contributed by atoms with van der Waals surface area (Å²) < 4.78 is 2.18. The molecule has 2 heterocycles. The molecule has 0 radical (unpaired) electrons. The Labute approximate surface area is 139 Å². The molecule has 2 aliphatic carbocycles. The molecule has 0 aromatic carbocycles. The summed E-state index contributed by atoms with van der Waals surface area (Å²) in [5.41, 5.74) is 1.02. The number of aromatic nitrogens is 4. The maximum atomic E-state index is 12.2. The monoisotopic (exact) mass is 329 g/mol. The van der Waals surface area contributed by atoms with Gasteiger partial charge in [-0.15, -0.1) is 10.2 Å². The number of carbonyl (C=O) groups is 1. The minimum absolute atomic E-state index is 0.0910. The van der Waals surface area contributed by atoms with Gasteiger partial charge in [-0.2, -0.15) is 0 Å². The van der Waals surface area contributed by atoms with Crippen molar-refractivity contribution in [1.82, 2.24) is 25.1 Å². The van der Waals surface area contributed by atoms with E-state index in [1.807, 2.05) is 19.1 Å². The van der Waals surface area contributed by atoms with Crippen LogP contribution < -0.4 is 5.32 Å². The smallest absolute Gasteiger partial charge is 0.233 e. The van der Waals surface area contributed by atoms with E-state index in [9.17, 15) is 4.79 Å². The van der Waals surface area contributed by atoms with Gasteiger partial charge >= 0.3 is 0 Å². The van der Waals surface area contributed by atoms with Gasteiger partial charge in [0.1, 0.15) is 0 Å². The number of nitrogens with zero attached hydrogens (tertiary/aromatic N) is 4. The fraction of sp³-hybridized carbons (Fsp3) is 0.500. The highest BCUT2D eigenvalue weighted by atomic mass is 32.2. The van der Waals surface area contributed by atoms with Crippen molar-refractivity contribution in [2.45, 2.75) is 55.1 Å². The van der Waals surface area contributed by atoms with Gasteiger partial charge in [-0.3, -0.25) is 14.3 Å². The SMILES string of the molecule is C[C@H](Sc1nnc(-c2ccncc2)n1C1CC1)C(=O)NC1CC1. The van der Waals surface area contributed by atoms with Crippen molar-refractivity contribution in [3.63, 3.8) is 0 Å². The number of amides is 1. The first-order valence-electron chi connectivity index (χ1n) is 8.04. The maximum Gasteiger partial charge on any atom is 0.233 e. The van der Waals surface area contributed by atoms with Gasteiger partial charge in [-0.1, -0.05) is 11.8 Å². The molecule has 6 nitrogen and oxygen atoms in total. The zero-order valence-corrected chi connectivity index (χ0v) is 13.8. The largest absolute Gasteiger partial charge is 0.352 e. The van der Waals surface area contributed by atoms with Crippen molar-refractivity contribution >= 4 is 17.7 Å². The first kappa shape index (κ1) is 14.7. The summed E-state index contributed by atoms with van der Waals surface area (Å²) in [6.45, 7) is 1.93. The number of pyridine rings is 1. The molecule has 0 bridgehead atoms. The summed E-state index contributed by atoms with van der Waals surface area (Å²) in [7, 11) is 0. The Kier molecular flexibility index (Phi) is 3.80. The molecule has 0 spiro atoms. The van der Waals surface area contributed by atoms with Gasteiger partial charge in [-0.05, 0) is 44.7 Å². The van der Waals surface area contributed by atoms with E-state index in [2.05, 4.69) is 25.1 Å². The van der Waals surface area contributed by atoms with Crippen LogP contribution in [0.2, 0.25) is 0 Å². The molecule has 2 saturated carbocycles. The highest BCUT2D eigenvalue weighted by Crippen LogP contribution is 2.41. The molecule has 2 aromatic rings. The van der Waals surface area contributed by atoms with E-state index in [4.69, 9.17) is 0 Å². The highest BCUT2D eigenvalue weighted by Gasteiger charge is 2.32. The van der Waals surface area contributed by atoms with Gasteiger partial charge in [0.05, 0.1) is 5.25 Å². The van der Waals surface area contributed by atoms with Crippen molar-refractivity contribution < 1.29 is 4.79 Å². The van der Waals surface area contributed by atoms with Crippen LogP contribution in [-0.4, -0.2) is 36.9 Å². The van der Waals surface area contributed by atoms with Crippen molar-refractivity contribution in [3.05, 3.63) is 24.5 Å². The second-order valence-corrected chi connectivity index (χ2v) is 7.49. The minimum Gasteiger partial charge on any atom is -0.352 e. The first-order chi connectivity index (χ1) is 11.2. The molecule has 2 aromatic heterocycles. The van der Waals surface area contributed by atoms with Gasteiger partial charge in [0.25, 0.3) is 0 Å². The van der Waals surface area contributed by atoms with Gasteiger partial charge in [0.15, 0.2) is 11.0 Å². The van der Waals surface area contributed by atoms with E-state index in [0.29, 0.717) is 12.1 Å². The molecule has 2 aliphatic rings. The molecule has 0 aliphatic heterocycles. The van der Waals surface area contributed by atoms with E-state index in [0.717, 1.165) is 42.2 Å². The zero-order valence-electron chi connectivity index (χ0n) is 13.0. The van der Waals surface area contributed by atoms with Crippen molar-refractivity contribution in [3.8, 4) is 11.4 Å². The Bertz CT molecular complexity index is 709. The zero-order chi connectivity index (χ0) is 15.8. The fourth-order valence-corrected chi connectivity index (χ4v) is 3.40. The molecule has 0 unspecified atom stereocenters. The number of nitrogens with one attached hydrogen (secondary N) is 1. The molecule has 1 N–H and O–H groups in total. The van der Waals surface area contributed by atoms with Crippen LogP contribution in [-0.2, 0) is 4.79 Å². The van der Waals surface area contributed by atoms with Crippen molar-refractivity contribution in [2.75, 3.05) is 0 Å². The third-order valence-corrected chi connectivity index (χ3v) is 5.15. The van der Waals surface area contributed by atoms with Crippen LogP contribution >= 0.6 is 11.8 Å². The summed E-state index contributed by atoms with van der Waals surface area (Å²) >= 11 is 1.49. The molecule has 7 heteroatoms. The van der Waals surface area contributed by atoms with E-state index in [1.54, 1.807) is 12.4 Å². The fourth-order valence-electron chi connectivity index (χ4n) is 2.47. The lowest BCUT2D eigenvalue weighted by Crippen LogP contribution is -2.32. The molecular formula is C16H19N5OS. The van der Waals surface area contributed by atoms with Crippen LogP contribution in [0.3, 0.4) is 0 Å². The number of carbonyl (C=O) groups excluding carboxylic acids is 1. The predicted octanol–water partition coefficient (Wildman–Crippen LogP) is 2.43. The normalized spacial score (nSPS) is 18.7. The van der Waals surface area contributed by atoms with E-state index in [-0.39, 0.29) is 11.2 Å². The number of thioether (sulfide) groups is 1. The van der Waals surface area contributed by atoms with Gasteiger partial charge < -0.3 is 5.32 Å². The van der Waals surface area contributed by atoms with Crippen LogP contribution in [0.15, 0.2) is 29.7 Å². The molecule has 1 atom stereocenters. The Morgan fingerprint density at radius 1 is 1.26 bits per heavy atom. The third kappa shape index (κ3) is 3.24. The maximum absolute atomic E-state index is 12.2. The average Bonchev–Trinajstić information content (AvgIpc) is 3.49. The highest BCUT2D eigenvalue weighted by molar-refractivity contribution is 8.00. The molecule has 4 rings (SSSR count). The first-order valence-corrected chi connectivity index (χ1v) is 8.92. The Balaban J connectivity index is 1.56. The van der Waals surface area contributed by atoms with Gasteiger partial charge in [0.2, 0.25) is 5.91 Å². The lowest BCUT2D eigenvalue weighted by atomic mass is 10.2. The van der Waals surface area contributed by atoms with Crippen molar-refractivity contribution in [2.24, 2.45) is 0 Å². The molecule has 0 saturated heterocycles. The summed E-state index contributed by atoms with van der Waals surface area (Å²) in [6, 6.07) is 4.73. The number of hydrogen-bond acceptors (Lipinski definition) is 5. The second-order valence-electron chi connectivity index (χ2n) is 6.19. The molecule has 1 amide bonds. The minimum atomic E-state index is -0.164. The van der Waals surface area contributed by atoms with Gasteiger partial charge in [-0.25, -0.2) is 0 Å². The van der Waals surface area contributed by atoms with E-state index < -0.39 is 0 Å². The third-order valence-electron chi connectivity index (χ3n) is 4.09. The quantitative estimate of drug-likeness (QED) is 0.824. The average molecular weight is 329 g/mol. The van der Waals surface area contributed by atoms with Gasteiger partial charge in [0, 0.05) is 30.0 Å². The summed E-state index contributed by atoms with van der Waals surface area (Å²) in [5.74, 6) is 0.959. The van der Waals surface area contributed by atoms with Crippen LogP contribution in [0.1, 0.15) is 38.6 Å². The number of hydrogen-bond donors (Lipinski definition) is 1. The predicted molar refractivity (Wildman–Crippen MR) is 88.0 cm³/mol. The van der Waals surface area contributed by atoms with Crippen LogP contribution in [0.5, 0.6) is 0 Å². The van der Waals surface area contributed by atoms with Crippen LogP contribution in [0.25, 0.3) is 11.4 Å². The molecule has 2 fully saturated rings. The molecule has 120 valence electrons. The summed E-state index contributed by atoms with van der Waals surface area (Å²) in [5, 5.41) is 12.4. The molecule has 23 heavy (non-hydrogen) atoms. The molecular weight excluding hydrogens is 310 g/mol. The Morgan fingerprint density at radius 2 is 2.00 bits per heavy atom. The standard InChI is InChI=1S/C16H19N5OS/c1-10(15(22)18-12-2-3-12)23-16-20-19-14(21(16)13-4-5-13)11-6-8-17-9-7-11/h6-10,12-13H,2-5H2,1H3,(H,18,22)/t10-/m0/s1. The van der Waals surface area contributed by atoms with Crippen LogP contribution in [0, 0.1) is 0 Å². The lowest BCUT2D eigenvalue weighted by Gasteiger charge is -2.13. The lowest BCUT2D eigenvalue weighted by molar-refractivity contribution is -0.120. The Hall–Kier alpha value is -1.89.